The van der Waals surface area contributed by atoms with Crippen molar-refractivity contribution in [2.45, 2.75) is 37.1 Å². The highest BCUT2D eigenvalue weighted by atomic mass is 32.2. The van der Waals surface area contributed by atoms with Crippen LogP contribution in [0.15, 0.2) is 29.2 Å². The molecule has 1 N–H and O–H groups in total. The summed E-state index contributed by atoms with van der Waals surface area (Å²) in [6.45, 7) is 2.77. The van der Waals surface area contributed by atoms with Gasteiger partial charge in [-0.2, -0.15) is 0 Å². The Balaban J connectivity index is 2.25. The van der Waals surface area contributed by atoms with E-state index in [1.54, 1.807) is 12.1 Å². The van der Waals surface area contributed by atoms with Crippen molar-refractivity contribution in [1.82, 2.24) is 0 Å². The molecule has 0 bridgehead atoms. The third kappa shape index (κ3) is 3.56. The first-order valence-corrected chi connectivity index (χ1v) is 9.01. The number of aliphatic carboxylic acids is 1. The van der Waals surface area contributed by atoms with Gasteiger partial charge in [0, 0.05) is 18.5 Å². The summed E-state index contributed by atoms with van der Waals surface area (Å²) >= 11 is 0. The molecule has 1 aliphatic rings. The Morgan fingerprint density at radius 3 is 2.43 bits per heavy atom. The van der Waals surface area contributed by atoms with Gasteiger partial charge in [-0.3, -0.25) is 0 Å². The third-order valence-electron chi connectivity index (χ3n) is 4.17. The van der Waals surface area contributed by atoms with Crippen LogP contribution in [0, 0.1) is 5.92 Å². The lowest BCUT2D eigenvalue weighted by molar-refractivity contribution is -0.139. The third-order valence-corrected chi connectivity index (χ3v) is 5.30. The van der Waals surface area contributed by atoms with Gasteiger partial charge in [-0.25, -0.2) is 13.2 Å². The van der Waals surface area contributed by atoms with E-state index >= 15 is 0 Å². The predicted molar refractivity (Wildman–Crippen MR) is 81.3 cm³/mol. The Morgan fingerprint density at radius 1 is 1.33 bits per heavy atom. The van der Waals surface area contributed by atoms with Crippen molar-refractivity contribution in [1.29, 1.82) is 0 Å². The molecule has 1 aromatic carbocycles. The molecule has 0 saturated carbocycles. The lowest BCUT2D eigenvalue weighted by atomic mass is 9.88. The van der Waals surface area contributed by atoms with Crippen molar-refractivity contribution in [3.05, 3.63) is 24.3 Å². The Hall–Kier alpha value is -1.56. The Morgan fingerprint density at radius 2 is 1.95 bits per heavy atom. The van der Waals surface area contributed by atoms with Gasteiger partial charge < -0.3 is 10.0 Å². The smallest absolute Gasteiger partial charge is 0.326 e. The minimum absolute atomic E-state index is 0.251. The minimum Gasteiger partial charge on any atom is -0.480 e. The predicted octanol–water partition coefficient (Wildman–Crippen LogP) is 2.17. The van der Waals surface area contributed by atoms with Gasteiger partial charge in [0.05, 0.1) is 4.90 Å². The summed E-state index contributed by atoms with van der Waals surface area (Å²) in [6.07, 6.45) is 3.76. The average Bonchev–Trinajstić information content (AvgIpc) is 2.45. The van der Waals surface area contributed by atoms with Crippen LogP contribution >= 0.6 is 0 Å². The normalized spacial score (nSPS) is 23.0. The van der Waals surface area contributed by atoms with Crippen LogP contribution in [0.5, 0.6) is 0 Å². The fraction of sp³-hybridized carbons (Fsp3) is 0.533. The zero-order chi connectivity index (χ0) is 15.6. The summed E-state index contributed by atoms with van der Waals surface area (Å²) in [5.74, 6) is -0.377. The molecule has 21 heavy (non-hydrogen) atoms. The number of carboxylic acids is 1. The molecule has 1 heterocycles. The molecule has 1 aliphatic heterocycles. The number of carbonyl (C=O) groups is 1. The summed E-state index contributed by atoms with van der Waals surface area (Å²) in [6, 6.07) is 5.93. The molecule has 2 rings (SSSR count). The van der Waals surface area contributed by atoms with Crippen molar-refractivity contribution in [2.24, 2.45) is 5.92 Å². The van der Waals surface area contributed by atoms with E-state index in [4.69, 9.17) is 0 Å². The van der Waals surface area contributed by atoms with Gasteiger partial charge in [-0.05, 0) is 43.0 Å². The highest BCUT2D eigenvalue weighted by Gasteiger charge is 2.32. The van der Waals surface area contributed by atoms with Crippen LogP contribution in [0.2, 0.25) is 0 Å². The summed E-state index contributed by atoms with van der Waals surface area (Å²) in [4.78, 5) is 13.6. The minimum atomic E-state index is -3.23. The lowest BCUT2D eigenvalue weighted by Crippen LogP contribution is -2.47. The lowest BCUT2D eigenvalue weighted by Gasteiger charge is -2.38. The van der Waals surface area contributed by atoms with E-state index in [9.17, 15) is 18.3 Å². The number of anilines is 1. The number of piperidine rings is 1. The quantitative estimate of drug-likeness (QED) is 0.922. The molecule has 0 aliphatic carbocycles. The molecule has 1 saturated heterocycles. The first-order valence-electron chi connectivity index (χ1n) is 7.12. The zero-order valence-electron chi connectivity index (χ0n) is 12.3. The number of rotatable bonds is 4. The number of hydrogen-bond donors (Lipinski definition) is 1. The number of nitrogens with zero attached hydrogens (tertiary/aromatic N) is 1. The number of sulfone groups is 1. The molecular weight excluding hydrogens is 290 g/mol. The maximum atomic E-state index is 11.5. The monoisotopic (exact) mass is 311 g/mol. The molecule has 2 unspecified atom stereocenters. The van der Waals surface area contributed by atoms with E-state index in [2.05, 4.69) is 6.92 Å². The molecule has 1 fully saturated rings. The Kier molecular flexibility index (Phi) is 4.56. The van der Waals surface area contributed by atoms with Crippen molar-refractivity contribution >= 4 is 21.5 Å². The summed E-state index contributed by atoms with van der Waals surface area (Å²) in [5, 5.41) is 9.43. The largest absolute Gasteiger partial charge is 0.480 e. The van der Waals surface area contributed by atoms with E-state index in [-0.39, 0.29) is 4.90 Å². The first kappa shape index (κ1) is 15.8. The highest BCUT2D eigenvalue weighted by Crippen LogP contribution is 2.30. The van der Waals surface area contributed by atoms with Crippen LogP contribution in [0.3, 0.4) is 0 Å². The summed E-state index contributed by atoms with van der Waals surface area (Å²) in [7, 11) is -3.23. The standard InChI is InChI=1S/C15H21NO4S/c1-3-11-8-9-16(14(10-11)15(17)18)12-4-6-13(7-5-12)21(2,19)20/h4-7,11,14H,3,8-10H2,1-2H3,(H,17,18). The summed E-state index contributed by atoms with van der Waals surface area (Å²) in [5.41, 5.74) is 0.768. The van der Waals surface area contributed by atoms with Crippen molar-refractivity contribution < 1.29 is 18.3 Å². The van der Waals surface area contributed by atoms with Gasteiger partial charge in [0.1, 0.15) is 6.04 Å². The number of hydrogen-bond acceptors (Lipinski definition) is 4. The van der Waals surface area contributed by atoms with Gasteiger partial charge in [0.25, 0.3) is 0 Å². The molecular formula is C15H21NO4S. The van der Waals surface area contributed by atoms with Crippen LogP contribution in [-0.2, 0) is 14.6 Å². The van der Waals surface area contributed by atoms with Gasteiger partial charge in [-0.1, -0.05) is 13.3 Å². The molecule has 116 valence electrons. The second-order valence-corrected chi connectivity index (χ2v) is 7.63. The number of benzene rings is 1. The van der Waals surface area contributed by atoms with Crippen molar-refractivity contribution in [2.75, 3.05) is 17.7 Å². The van der Waals surface area contributed by atoms with Crippen molar-refractivity contribution in [3.8, 4) is 0 Å². The van der Waals surface area contributed by atoms with E-state index in [1.807, 2.05) is 4.90 Å². The Labute approximate surface area is 125 Å². The molecule has 5 nitrogen and oxygen atoms in total. The molecule has 2 atom stereocenters. The van der Waals surface area contributed by atoms with Gasteiger partial charge in [-0.15, -0.1) is 0 Å². The van der Waals surface area contributed by atoms with Crippen LogP contribution in [-0.4, -0.2) is 38.3 Å². The SMILES string of the molecule is CCC1CCN(c2ccc(S(C)(=O)=O)cc2)C(C(=O)O)C1. The van der Waals surface area contributed by atoms with Crippen LogP contribution in [0.25, 0.3) is 0 Å². The van der Waals surface area contributed by atoms with E-state index < -0.39 is 21.8 Å². The van der Waals surface area contributed by atoms with E-state index in [0.717, 1.165) is 24.8 Å². The fourth-order valence-electron chi connectivity index (χ4n) is 2.84. The van der Waals surface area contributed by atoms with Crippen molar-refractivity contribution in [3.63, 3.8) is 0 Å². The molecule has 1 aromatic rings. The van der Waals surface area contributed by atoms with Gasteiger partial charge in [0.2, 0.25) is 0 Å². The number of carboxylic acid groups (broad SMARTS) is 1. The maximum absolute atomic E-state index is 11.5. The first-order chi connectivity index (χ1) is 9.82. The molecule has 6 heteroatoms. The van der Waals surface area contributed by atoms with Crippen LogP contribution in [0.4, 0.5) is 5.69 Å². The van der Waals surface area contributed by atoms with E-state index in [1.165, 1.54) is 12.1 Å². The van der Waals surface area contributed by atoms with Gasteiger partial charge in [0.15, 0.2) is 9.84 Å². The molecule has 0 amide bonds. The Bertz CT molecular complexity index is 609. The van der Waals surface area contributed by atoms with Gasteiger partial charge >= 0.3 is 5.97 Å². The second kappa shape index (κ2) is 6.05. The fourth-order valence-corrected chi connectivity index (χ4v) is 3.47. The molecule has 0 radical (unpaired) electrons. The highest BCUT2D eigenvalue weighted by molar-refractivity contribution is 7.90. The average molecular weight is 311 g/mol. The van der Waals surface area contributed by atoms with E-state index in [0.29, 0.717) is 18.9 Å². The van der Waals surface area contributed by atoms with Crippen LogP contribution in [0.1, 0.15) is 26.2 Å². The topological polar surface area (TPSA) is 74.7 Å². The maximum Gasteiger partial charge on any atom is 0.326 e. The molecule has 0 aromatic heterocycles. The second-order valence-electron chi connectivity index (χ2n) is 5.61. The molecule has 0 spiro atoms. The zero-order valence-corrected chi connectivity index (χ0v) is 13.1. The van der Waals surface area contributed by atoms with Crippen LogP contribution < -0.4 is 4.90 Å². The summed E-state index contributed by atoms with van der Waals surface area (Å²) < 4.78 is 22.9.